The van der Waals surface area contributed by atoms with Gasteiger partial charge in [0.25, 0.3) is 0 Å². The van der Waals surface area contributed by atoms with Crippen LogP contribution in [-0.4, -0.2) is 29.6 Å². The first-order valence-electron chi connectivity index (χ1n) is 6.60. The van der Waals surface area contributed by atoms with Crippen LogP contribution in [0.4, 0.5) is 0 Å². The topological polar surface area (TPSA) is 37.4 Å². The van der Waals surface area contributed by atoms with Crippen molar-refractivity contribution in [1.82, 2.24) is 4.90 Å². The smallest absolute Gasteiger partial charge is 0.182 e. The minimum atomic E-state index is 0.0368. The van der Waals surface area contributed by atoms with Crippen LogP contribution < -0.4 is 0 Å². The van der Waals surface area contributed by atoms with Crippen molar-refractivity contribution in [3.63, 3.8) is 0 Å². The van der Waals surface area contributed by atoms with Crippen LogP contribution in [0.1, 0.15) is 30.6 Å². The molecule has 1 fully saturated rings. The fraction of sp³-hybridized carbons (Fsp3) is 0.375. The third-order valence-electron chi connectivity index (χ3n) is 3.64. The average molecular weight is 257 g/mol. The summed E-state index contributed by atoms with van der Waals surface area (Å²) in [5.74, 6) is 0.341. The van der Waals surface area contributed by atoms with E-state index in [1.165, 1.54) is 0 Å². The van der Waals surface area contributed by atoms with Crippen molar-refractivity contribution < 1.29 is 9.59 Å². The summed E-state index contributed by atoms with van der Waals surface area (Å²) in [4.78, 5) is 25.7. The molecule has 0 aliphatic carbocycles. The Morgan fingerprint density at radius 1 is 1.32 bits per heavy atom. The molecule has 0 amide bonds. The first-order chi connectivity index (χ1) is 9.11. The van der Waals surface area contributed by atoms with E-state index in [-0.39, 0.29) is 17.5 Å². The quantitative estimate of drug-likeness (QED) is 0.778. The molecule has 3 nitrogen and oxygen atoms in total. The number of Topliss-reactive ketones (excluding diaryl/α,β-unsaturated/α-hetero) is 2. The summed E-state index contributed by atoms with van der Waals surface area (Å²) in [6.45, 7) is 4.60. The van der Waals surface area contributed by atoms with Gasteiger partial charge in [-0.2, -0.15) is 0 Å². The van der Waals surface area contributed by atoms with Crippen molar-refractivity contribution in [2.75, 3.05) is 13.1 Å². The first-order valence-corrected chi connectivity index (χ1v) is 6.60. The van der Waals surface area contributed by atoms with Gasteiger partial charge in [0.15, 0.2) is 5.78 Å². The molecule has 100 valence electrons. The minimum absolute atomic E-state index is 0.0368. The van der Waals surface area contributed by atoms with E-state index in [0.717, 1.165) is 17.7 Å². The van der Waals surface area contributed by atoms with E-state index in [9.17, 15) is 9.59 Å². The second-order valence-electron chi connectivity index (χ2n) is 4.96. The molecule has 0 saturated carbocycles. The molecular formula is C16H19NO2. The summed E-state index contributed by atoms with van der Waals surface area (Å²) < 4.78 is 0. The van der Waals surface area contributed by atoms with E-state index in [4.69, 9.17) is 0 Å². The lowest BCUT2D eigenvalue weighted by Gasteiger charge is -2.19. The van der Waals surface area contributed by atoms with Gasteiger partial charge in [0.1, 0.15) is 5.78 Å². The molecule has 3 heteroatoms. The van der Waals surface area contributed by atoms with E-state index < -0.39 is 0 Å². The van der Waals surface area contributed by atoms with Crippen molar-refractivity contribution in [2.24, 2.45) is 5.92 Å². The summed E-state index contributed by atoms with van der Waals surface area (Å²) in [6.07, 6.45) is 2.76. The van der Waals surface area contributed by atoms with Gasteiger partial charge in [-0.05, 0) is 20.3 Å². The number of nitrogens with zero attached hydrogens (tertiary/aromatic N) is 1. The maximum atomic E-state index is 12.2. The molecule has 0 N–H and O–H groups in total. The molecule has 0 spiro atoms. The third-order valence-corrected chi connectivity index (χ3v) is 3.64. The van der Waals surface area contributed by atoms with Gasteiger partial charge in [-0.3, -0.25) is 9.59 Å². The number of likely N-dealkylation sites (tertiary alicyclic amines) is 1. The lowest BCUT2D eigenvalue weighted by molar-refractivity contribution is -0.120. The minimum Gasteiger partial charge on any atom is -0.367 e. The largest absolute Gasteiger partial charge is 0.367 e. The van der Waals surface area contributed by atoms with Gasteiger partial charge in [-0.25, -0.2) is 0 Å². The summed E-state index contributed by atoms with van der Waals surface area (Å²) >= 11 is 0. The maximum Gasteiger partial charge on any atom is 0.182 e. The van der Waals surface area contributed by atoms with Gasteiger partial charge < -0.3 is 4.90 Å². The number of benzene rings is 1. The molecule has 0 aromatic heterocycles. The summed E-state index contributed by atoms with van der Waals surface area (Å²) in [6, 6.07) is 9.29. The van der Waals surface area contributed by atoms with Crippen molar-refractivity contribution in [1.29, 1.82) is 0 Å². The molecule has 1 atom stereocenters. The Morgan fingerprint density at radius 2 is 2.00 bits per heavy atom. The van der Waals surface area contributed by atoms with E-state index >= 15 is 0 Å². The van der Waals surface area contributed by atoms with Crippen LogP contribution in [0.25, 0.3) is 0 Å². The SMILES string of the molecule is C/C=C1/CC(C(C)=O)CN1CC(=O)c1ccccc1. The Bertz CT molecular complexity index is 505. The van der Waals surface area contributed by atoms with Crippen molar-refractivity contribution >= 4 is 11.6 Å². The lowest BCUT2D eigenvalue weighted by atomic mass is 10.0. The predicted molar refractivity (Wildman–Crippen MR) is 74.9 cm³/mol. The lowest BCUT2D eigenvalue weighted by Crippen LogP contribution is -2.28. The first kappa shape index (κ1) is 13.5. The highest BCUT2D eigenvalue weighted by Gasteiger charge is 2.30. The maximum absolute atomic E-state index is 12.2. The molecular weight excluding hydrogens is 238 g/mol. The summed E-state index contributed by atoms with van der Waals surface area (Å²) in [5, 5.41) is 0. The number of carbonyl (C=O) groups excluding carboxylic acids is 2. The average Bonchev–Trinajstić information content (AvgIpc) is 2.83. The molecule has 1 aliphatic rings. The Hall–Kier alpha value is -1.90. The van der Waals surface area contributed by atoms with Crippen LogP contribution in [0.15, 0.2) is 42.1 Å². The van der Waals surface area contributed by atoms with Crippen LogP contribution in [-0.2, 0) is 4.79 Å². The standard InChI is InChI=1S/C16H19NO2/c1-3-15-9-14(12(2)18)10-17(15)11-16(19)13-7-5-4-6-8-13/h3-8,14H,9-11H2,1-2H3/b15-3-. The fourth-order valence-corrected chi connectivity index (χ4v) is 2.46. The van der Waals surface area contributed by atoms with E-state index in [1.54, 1.807) is 6.92 Å². The van der Waals surface area contributed by atoms with Crippen molar-refractivity contribution in [2.45, 2.75) is 20.3 Å². The van der Waals surface area contributed by atoms with Gasteiger partial charge >= 0.3 is 0 Å². The van der Waals surface area contributed by atoms with Crippen LogP contribution in [0.3, 0.4) is 0 Å². The molecule has 1 unspecified atom stereocenters. The van der Waals surface area contributed by atoms with Gasteiger partial charge in [0.05, 0.1) is 6.54 Å². The molecule has 1 saturated heterocycles. The number of allylic oxidation sites excluding steroid dienone is 2. The van der Waals surface area contributed by atoms with E-state index in [1.807, 2.05) is 48.2 Å². The number of carbonyl (C=O) groups is 2. The van der Waals surface area contributed by atoms with Gasteiger partial charge in [0, 0.05) is 23.7 Å². The molecule has 1 aromatic rings. The predicted octanol–water partition coefficient (Wildman–Crippen LogP) is 2.68. The Balaban J connectivity index is 2.06. The highest BCUT2D eigenvalue weighted by molar-refractivity contribution is 5.97. The van der Waals surface area contributed by atoms with Crippen molar-refractivity contribution in [3.05, 3.63) is 47.7 Å². The molecule has 1 heterocycles. The van der Waals surface area contributed by atoms with E-state index in [2.05, 4.69) is 0 Å². The van der Waals surface area contributed by atoms with Gasteiger partial charge in [-0.1, -0.05) is 36.4 Å². The highest BCUT2D eigenvalue weighted by Crippen LogP contribution is 2.27. The number of ketones is 2. The molecule has 1 aromatic carbocycles. The molecule has 2 rings (SSSR count). The number of hydrogen-bond acceptors (Lipinski definition) is 3. The second-order valence-corrected chi connectivity index (χ2v) is 4.96. The van der Waals surface area contributed by atoms with Crippen LogP contribution in [0.5, 0.6) is 0 Å². The monoisotopic (exact) mass is 257 g/mol. The van der Waals surface area contributed by atoms with E-state index in [0.29, 0.717) is 13.1 Å². The fourth-order valence-electron chi connectivity index (χ4n) is 2.46. The molecule has 0 radical (unpaired) electrons. The van der Waals surface area contributed by atoms with Crippen molar-refractivity contribution in [3.8, 4) is 0 Å². The zero-order chi connectivity index (χ0) is 13.8. The Kier molecular flexibility index (Phi) is 4.15. The zero-order valence-corrected chi connectivity index (χ0v) is 11.4. The molecule has 1 aliphatic heterocycles. The number of hydrogen-bond donors (Lipinski definition) is 0. The van der Waals surface area contributed by atoms with Crippen LogP contribution >= 0.6 is 0 Å². The normalized spacial score (nSPS) is 20.8. The molecule has 19 heavy (non-hydrogen) atoms. The van der Waals surface area contributed by atoms with Gasteiger partial charge in [-0.15, -0.1) is 0 Å². The molecule has 0 bridgehead atoms. The third kappa shape index (κ3) is 3.11. The van der Waals surface area contributed by atoms with Gasteiger partial charge in [0.2, 0.25) is 0 Å². The van der Waals surface area contributed by atoms with Crippen LogP contribution in [0.2, 0.25) is 0 Å². The zero-order valence-electron chi connectivity index (χ0n) is 11.4. The highest BCUT2D eigenvalue weighted by atomic mass is 16.1. The van der Waals surface area contributed by atoms with Crippen LogP contribution in [0, 0.1) is 5.92 Å². The Labute approximate surface area is 113 Å². The number of rotatable bonds is 4. The summed E-state index contributed by atoms with van der Waals surface area (Å²) in [7, 11) is 0. The summed E-state index contributed by atoms with van der Waals surface area (Å²) in [5.41, 5.74) is 1.83. The Morgan fingerprint density at radius 3 is 2.58 bits per heavy atom. The second kappa shape index (κ2) is 5.83.